The summed E-state index contributed by atoms with van der Waals surface area (Å²) in [4.78, 5) is 36.1. The molecule has 0 aromatic heterocycles. The van der Waals surface area contributed by atoms with Gasteiger partial charge in [-0.1, -0.05) is 116 Å². The van der Waals surface area contributed by atoms with E-state index in [1.54, 1.807) is 0 Å². The fourth-order valence-electron chi connectivity index (χ4n) is 5.53. The zero-order valence-corrected chi connectivity index (χ0v) is 29.9. The second-order valence-electron chi connectivity index (χ2n) is 13.0. The van der Waals surface area contributed by atoms with Crippen molar-refractivity contribution in [2.75, 3.05) is 6.54 Å². The van der Waals surface area contributed by atoms with Gasteiger partial charge in [0.2, 0.25) is 5.91 Å². The van der Waals surface area contributed by atoms with Crippen LogP contribution in [0.25, 0.3) is 0 Å². The number of carboxylic acid groups (broad SMARTS) is 1. The maximum absolute atomic E-state index is 12.6. The molecule has 2 unspecified atom stereocenters. The zero-order chi connectivity index (χ0) is 33.9. The molecule has 0 aromatic carbocycles. The number of carbonyl (C=O) groups is 3. The van der Waals surface area contributed by atoms with Gasteiger partial charge >= 0.3 is 11.9 Å². The van der Waals surface area contributed by atoms with Crippen LogP contribution in [0.15, 0.2) is 24.3 Å². The van der Waals surface area contributed by atoms with Gasteiger partial charge in [0.25, 0.3) is 0 Å². The van der Waals surface area contributed by atoms with Crippen LogP contribution in [0.1, 0.15) is 187 Å². The van der Waals surface area contributed by atoms with E-state index in [4.69, 9.17) is 10.5 Å². The Bertz CT molecular complexity index is 782. The van der Waals surface area contributed by atoms with E-state index in [-0.39, 0.29) is 18.0 Å². The molecule has 7 nitrogen and oxygen atoms in total. The highest BCUT2D eigenvalue weighted by molar-refractivity contribution is 5.83. The summed E-state index contributed by atoms with van der Waals surface area (Å²) < 4.78 is 5.86. The lowest BCUT2D eigenvalue weighted by molar-refractivity contribution is -0.147. The molecule has 1 amide bonds. The van der Waals surface area contributed by atoms with Crippen molar-refractivity contribution >= 4 is 17.8 Å². The molecule has 0 rings (SSSR count). The molecule has 0 spiro atoms. The fraction of sp³-hybridized carbons (Fsp3) is 0.821. The molecular formula is C39H72N2O5. The number of hydrogen-bond donors (Lipinski definition) is 3. The number of nitrogens with two attached hydrogens (primary N) is 1. The average molecular weight is 649 g/mol. The Morgan fingerprint density at radius 2 is 1.13 bits per heavy atom. The average Bonchev–Trinajstić information content (AvgIpc) is 3.03. The maximum Gasteiger partial charge on any atom is 0.326 e. The van der Waals surface area contributed by atoms with Crippen LogP contribution in [-0.2, 0) is 19.1 Å². The van der Waals surface area contributed by atoms with Crippen molar-refractivity contribution in [3.63, 3.8) is 0 Å². The Kier molecular flexibility index (Phi) is 32.6. The Morgan fingerprint density at radius 3 is 1.74 bits per heavy atom. The van der Waals surface area contributed by atoms with Crippen molar-refractivity contribution in [1.82, 2.24) is 5.32 Å². The van der Waals surface area contributed by atoms with Crippen LogP contribution >= 0.6 is 0 Å². The van der Waals surface area contributed by atoms with Crippen LogP contribution in [0.2, 0.25) is 0 Å². The van der Waals surface area contributed by atoms with E-state index < -0.39 is 12.0 Å². The van der Waals surface area contributed by atoms with Gasteiger partial charge in [-0.3, -0.25) is 9.59 Å². The van der Waals surface area contributed by atoms with Gasteiger partial charge in [-0.15, -0.1) is 0 Å². The van der Waals surface area contributed by atoms with E-state index in [9.17, 15) is 19.5 Å². The molecule has 0 aliphatic carbocycles. The smallest absolute Gasteiger partial charge is 0.326 e. The van der Waals surface area contributed by atoms with E-state index in [0.29, 0.717) is 38.6 Å². The summed E-state index contributed by atoms with van der Waals surface area (Å²) in [5.41, 5.74) is 5.46. The molecule has 0 radical (unpaired) electrons. The molecule has 0 saturated carbocycles. The third-order valence-electron chi connectivity index (χ3n) is 8.47. The van der Waals surface area contributed by atoms with Crippen molar-refractivity contribution in [1.29, 1.82) is 0 Å². The molecule has 0 bridgehead atoms. The fourth-order valence-corrected chi connectivity index (χ4v) is 5.53. The van der Waals surface area contributed by atoms with Gasteiger partial charge in [0.15, 0.2) is 0 Å². The lowest BCUT2D eigenvalue weighted by atomic mass is 10.1. The summed E-state index contributed by atoms with van der Waals surface area (Å²) in [5.74, 6) is -1.34. The van der Waals surface area contributed by atoms with Crippen molar-refractivity contribution in [2.45, 2.75) is 199 Å². The number of esters is 1. The normalized spacial score (nSPS) is 12.9. The van der Waals surface area contributed by atoms with E-state index in [0.717, 1.165) is 51.4 Å². The molecule has 46 heavy (non-hydrogen) atoms. The number of carboxylic acids is 1. The largest absolute Gasteiger partial charge is 0.480 e. The molecule has 0 aromatic rings. The minimum absolute atomic E-state index is 0.101. The van der Waals surface area contributed by atoms with Gasteiger partial charge in [0, 0.05) is 12.8 Å². The number of nitrogens with one attached hydrogen (secondary N) is 1. The van der Waals surface area contributed by atoms with Crippen LogP contribution in [-0.4, -0.2) is 41.6 Å². The van der Waals surface area contributed by atoms with Crippen LogP contribution in [0.5, 0.6) is 0 Å². The lowest BCUT2D eigenvalue weighted by Crippen LogP contribution is -2.40. The summed E-state index contributed by atoms with van der Waals surface area (Å²) in [6.45, 7) is 4.87. The molecule has 0 heterocycles. The van der Waals surface area contributed by atoms with Gasteiger partial charge in [-0.05, 0) is 89.7 Å². The van der Waals surface area contributed by atoms with Gasteiger partial charge < -0.3 is 20.9 Å². The number of aliphatic carboxylic acids is 1. The van der Waals surface area contributed by atoms with Crippen molar-refractivity contribution in [3.05, 3.63) is 24.3 Å². The first kappa shape index (κ1) is 43.9. The number of ether oxygens (including phenoxy) is 1. The Hall–Kier alpha value is -2.15. The number of amides is 1. The minimum Gasteiger partial charge on any atom is -0.480 e. The Labute approximate surface area is 283 Å². The van der Waals surface area contributed by atoms with Crippen LogP contribution < -0.4 is 11.1 Å². The van der Waals surface area contributed by atoms with Gasteiger partial charge in [-0.25, -0.2) is 4.79 Å². The summed E-state index contributed by atoms with van der Waals surface area (Å²) in [5, 5.41) is 11.9. The second-order valence-corrected chi connectivity index (χ2v) is 13.0. The summed E-state index contributed by atoms with van der Waals surface area (Å²) >= 11 is 0. The summed E-state index contributed by atoms with van der Waals surface area (Å²) in [7, 11) is 0. The monoisotopic (exact) mass is 649 g/mol. The molecule has 0 aliphatic heterocycles. The van der Waals surface area contributed by atoms with Gasteiger partial charge in [0.05, 0.1) is 0 Å². The van der Waals surface area contributed by atoms with E-state index >= 15 is 0 Å². The molecule has 268 valence electrons. The number of unbranched alkanes of at least 4 members (excludes halogenated alkanes) is 18. The van der Waals surface area contributed by atoms with E-state index in [1.165, 1.54) is 89.9 Å². The Morgan fingerprint density at radius 1 is 0.630 bits per heavy atom. The topological polar surface area (TPSA) is 119 Å². The van der Waals surface area contributed by atoms with Crippen molar-refractivity contribution in [2.24, 2.45) is 5.73 Å². The maximum atomic E-state index is 12.6. The van der Waals surface area contributed by atoms with Gasteiger partial charge in [-0.2, -0.15) is 0 Å². The molecule has 2 atom stereocenters. The van der Waals surface area contributed by atoms with E-state index in [1.807, 2.05) is 0 Å². The van der Waals surface area contributed by atoms with Crippen LogP contribution in [0.3, 0.4) is 0 Å². The predicted octanol–water partition coefficient (Wildman–Crippen LogP) is 10.1. The Balaban J connectivity index is 4.13. The molecule has 0 saturated heterocycles. The number of hydrogen-bond acceptors (Lipinski definition) is 5. The molecule has 7 heteroatoms. The van der Waals surface area contributed by atoms with Crippen LogP contribution in [0, 0.1) is 0 Å². The molecule has 0 aliphatic rings. The standard InChI is InChI=1S/C39H72N2O5/c1-3-5-7-9-10-11-12-13-14-15-16-17-18-19-21-27-33-38(43)46-35(29-24-20-8-6-4-2)30-25-22-23-26-32-37(42)41-36(39(44)45)31-28-34-40/h14-15,24,29,35-36H,3-13,16-23,25-28,30-34,40H2,1-2H3,(H,41,42)(H,44,45)/b15-14-,29-24-. The lowest BCUT2D eigenvalue weighted by Gasteiger charge is -2.15. The highest BCUT2D eigenvalue weighted by atomic mass is 16.5. The third kappa shape index (κ3) is 30.5. The molecule has 0 fully saturated rings. The van der Waals surface area contributed by atoms with Gasteiger partial charge in [0.1, 0.15) is 12.1 Å². The highest BCUT2D eigenvalue weighted by Gasteiger charge is 2.19. The van der Waals surface area contributed by atoms with E-state index in [2.05, 4.69) is 43.5 Å². The SMILES string of the molecule is CCCCC/C=C\C(CCCCCCC(=O)NC(CCCN)C(=O)O)OC(=O)CCCCCCC/C=C\CCCCCCCCC. The summed E-state index contributed by atoms with van der Waals surface area (Å²) in [6, 6.07) is -0.868. The number of allylic oxidation sites excluding steroid dienone is 3. The second kappa shape index (κ2) is 34.2. The van der Waals surface area contributed by atoms with Crippen LogP contribution in [0.4, 0.5) is 0 Å². The molecular weight excluding hydrogens is 576 g/mol. The number of rotatable bonds is 34. The summed E-state index contributed by atoms with van der Waals surface area (Å²) in [6.07, 6.45) is 36.8. The molecule has 4 N–H and O–H groups in total. The van der Waals surface area contributed by atoms with Crippen molar-refractivity contribution in [3.8, 4) is 0 Å². The van der Waals surface area contributed by atoms with Crippen molar-refractivity contribution < 1.29 is 24.2 Å². The quantitative estimate of drug-likeness (QED) is 0.0363. The first-order valence-electron chi connectivity index (χ1n) is 19.2. The first-order valence-corrected chi connectivity index (χ1v) is 19.2. The highest BCUT2D eigenvalue weighted by Crippen LogP contribution is 2.15. The first-order chi connectivity index (χ1) is 22.4. The minimum atomic E-state index is -1.02. The number of carbonyl (C=O) groups excluding carboxylic acids is 2. The predicted molar refractivity (Wildman–Crippen MR) is 193 cm³/mol. The zero-order valence-electron chi connectivity index (χ0n) is 29.9. The third-order valence-corrected chi connectivity index (χ3v) is 8.47.